The summed E-state index contributed by atoms with van der Waals surface area (Å²) in [4.78, 5) is 14.3. The van der Waals surface area contributed by atoms with Crippen LogP contribution in [0.1, 0.15) is 18.2 Å². The first-order chi connectivity index (χ1) is 7.92. The molecule has 18 heavy (non-hydrogen) atoms. The highest BCUT2D eigenvalue weighted by molar-refractivity contribution is 5.86. The van der Waals surface area contributed by atoms with Crippen LogP contribution >= 0.6 is 0 Å². The van der Waals surface area contributed by atoms with Gasteiger partial charge in [0.2, 0.25) is 0 Å². The van der Waals surface area contributed by atoms with E-state index in [1.54, 1.807) is 0 Å². The normalized spacial score (nSPS) is 13.9. The van der Waals surface area contributed by atoms with Crippen molar-refractivity contribution >= 4 is 16.9 Å². The number of nitrogens with two attached hydrogens (primary N) is 1. The van der Waals surface area contributed by atoms with Crippen LogP contribution in [-0.4, -0.2) is 27.1 Å². The van der Waals surface area contributed by atoms with E-state index in [2.05, 4.69) is 4.98 Å². The Morgan fingerprint density at radius 1 is 1.44 bits per heavy atom. The minimum absolute atomic E-state index is 0. The molecule has 6 N–H and O–H groups in total. The fourth-order valence-corrected chi connectivity index (χ4v) is 2.01. The number of fused-ring (bicyclic) bond motifs is 1. The van der Waals surface area contributed by atoms with Gasteiger partial charge < -0.3 is 21.3 Å². The maximum atomic E-state index is 11.1. The van der Waals surface area contributed by atoms with Gasteiger partial charge in [-0.05, 0) is 25.5 Å². The summed E-state index contributed by atoms with van der Waals surface area (Å²) in [5.41, 5.74) is 7.53. The molecule has 98 valence electrons. The lowest BCUT2D eigenvalue weighted by molar-refractivity contribution is -0.142. The van der Waals surface area contributed by atoms with Crippen LogP contribution in [0.25, 0.3) is 10.9 Å². The number of carboxylic acids is 1. The Labute approximate surface area is 105 Å². The predicted octanol–water partition coefficient (Wildman–Crippen LogP) is 0.996. The summed E-state index contributed by atoms with van der Waals surface area (Å²) in [7, 11) is 0. The monoisotopic (exact) mass is 250 g/mol. The van der Waals surface area contributed by atoms with Crippen LogP contribution in [0.3, 0.4) is 0 Å². The summed E-state index contributed by atoms with van der Waals surface area (Å²) in [5, 5.41) is 10.1. The molecule has 1 heterocycles. The van der Waals surface area contributed by atoms with Crippen molar-refractivity contribution in [1.82, 2.24) is 4.98 Å². The van der Waals surface area contributed by atoms with E-state index < -0.39 is 11.5 Å². The highest BCUT2D eigenvalue weighted by atomic mass is 16.4. The average molecular weight is 250 g/mol. The third kappa shape index (κ3) is 2.37. The molecular weight excluding hydrogens is 232 g/mol. The van der Waals surface area contributed by atoms with E-state index in [0.717, 1.165) is 22.2 Å². The second-order valence-corrected chi connectivity index (χ2v) is 4.67. The van der Waals surface area contributed by atoms with Crippen LogP contribution in [0.2, 0.25) is 0 Å². The third-order valence-corrected chi connectivity index (χ3v) is 3.06. The minimum atomic E-state index is -1.24. The first-order valence-corrected chi connectivity index (χ1v) is 5.50. The summed E-state index contributed by atoms with van der Waals surface area (Å²) < 4.78 is 0. The SMILES string of the molecule is Cc1[nH]c2ccccc2c1CC(C)(N)C(=O)O.O. The zero-order chi connectivity index (χ0) is 12.6. The molecule has 0 radical (unpaired) electrons. The van der Waals surface area contributed by atoms with Gasteiger partial charge in [-0.25, -0.2) is 0 Å². The quantitative estimate of drug-likeness (QED) is 0.755. The van der Waals surface area contributed by atoms with Crippen molar-refractivity contribution < 1.29 is 15.4 Å². The Balaban J connectivity index is 0.00000162. The molecule has 2 aromatic rings. The number of H-pyrrole nitrogens is 1. The Morgan fingerprint density at radius 2 is 2.06 bits per heavy atom. The molecule has 1 aromatic heterocycles. The predicted molar refractivity (Wildman–Crippen MR) is 70.6 cm³/mol. The summed E-state index contributed by atoms with van der Waals surface area (Å²) in [6.07, 6.45) is 0.318. The van der Waals surface area contributed by atoms with E-state index in [0.29, 0.717) is 6.42 Å². The van der Waals surface area contributed by atoms with Crippen molar-refractivity contribution in [2.24, 2.45) is 5.73 Å². The van der Waals surface area contributed by atoms with Gasteiger partial charge in [0.05, 0.1) is 0 Å². The molecule has 1 aromatic carbocycles. The highest BCUT2D eigenvalue weighted by Crippen LogP contribution is 2.25. The summed E-state index contributed by atoms with van der Waals surface area (Å²) in [6, 6.07) is 7.83. The van der Waals surface area contributed by atoms with Crippen LogP contribution in [0.5, 0.6) is 0 Å². The van der Waals surface area contributed by atoms with Gasteiger partial charge >= 0.3 is 5.97 Å². The number of nitrogens with one attached hydrogen (secondary N) is 1. The van der Waals surface area contributed by atoms with E-state index in [4.69, 9.17) is 10.8 Å². The van der Waals surface area contributed by atoms with Crippen LogP contribution < -0.4 is 5.73 Å². The largest absolute Gasteiger partial charge is 0.480 e. The van der Waals surface area contributed by atoms with Gasteiger partial charge in [0, 0.05) is 23.0 Å². The molecule has 1 atom stereocenters. The molecule has 0 aliphatic heterocycles. The maximum Gasteiger partial charge on any atom is 0.323 e. The Bertz CT molecular complexity index is 573. The summed E-state index contributed by atoms with van der Waals surface area (Å²) >= 11 is 0. The molecule has 2 rings (SSSR count). The van der Waals surface area contributed by atoms with Gasteiger partial charge in [-0.2, -0.15) is 0 Å². The number of aromatic nitrogens is 1. The fourth-order valence-electron chi connectivity index (χ4n) is 2.01. The van der Waals surface area contributed by atoms with Crippen molar-refractivity contribution in [3.05, 3.63) is 35.5 Å². The molecule has 0 spiro atoms. The second kappa shape index (κ2) is 4.80. The molecule has 0 aliphatic rings. The van der Waals surface area contributed by atoms with Crippen molar-refractivity contribution in [3.63, 3.8) is 0 Å². The molecule has 0 aliphatic carbocycles. The number of rotatable bonds is 3. The molecule has 0 amide bonds. The molecule has 5 nitrogen and oxygen atoms in total. The van der Waals surface area contributed by atoms with E-state index in [1.165, 1.54) is 6.92 Å². The standard InChI is InChI=1S/C13H16N2O2.H2O/c1-8-10(7-13(2,14)12(16)17)9-5-3-4-6-11(9)15-8;/h3-6,15H,7,14H2,1-2H3,(H,16,17);1H2. The Morgan fingerprint density at radius 3 is 2.67 bits per heavy atom. The topological polar surface area (TPSA) is 111 Å². The van der Waals surface area contributed by atoms with Crippen molar-refractivity contribution in [2.75, 3.05) is 0 Å². The zero-order valence-corrected chi connectivity index (χ0v) is 10.4. The van der Waals surface area contributed by atoms with Gasteiger partial charge in [0.25, 0.3) is 0 Å². The number of carboxylic acid groups (broad SMARTS) is 1. The number of aryl methyl sites for hydroxylation is 1. The number of aromatic amines is 1. The number of hydrogen-bond donors (Lipinski definition) is 3. The summed E-state index contributed by atoms with van der Waals surface area (Å²) in [5.74, 6) is -0.984. The van der Waals surface area contributed by atoms with Crippen molar-refractivity contribution in [2.45, 2.75) is 25.8 Å². The molecule has 5 heteroatoms. The number of carbonyl (C=O) groups is 1. The minimum Gasteiger partial charge on any atom is -0.480 e. The van der Waals surface area contributed by atoms with E-state index in [1.807, 2.05) is 31.2 Å². The lowest BCUT2D eigenvalue weighted by atomic mass is 9.92. The van der Waals surface area contributed by atoms with Gasteiger partial charge in [0.15, 0.2) is 0 Å². The molecule has 0 fully saturated rings. The number of benzene rings is 1. The average Bonchev–Trinajstić information content (AvgIpc) is 2.55. The van der Waals surface area contributed by atoms with Gasteiger partial charge in [-0.1, -0.05) is 18.2 Å². The van der Waals surface area contributed by atoms with E-state index in [9.17, 15) is 4.79 Å². The van der Waals surface area contributed by atoms with Crippen LogP contribution in [-0.2, 0) is 11.2 Å². The first kappa shape index (κ1) is 14.2. The molecule has 1 unspecified atom stereocenters. The maximum absolute atomic E-state index is 11.1. The van der Waals surface area contributed by atoms with E-state index in [-0.39, 0.29) is 5.48 Å². The van der Waals surface area contributed by atoms with Crippen LogP contribution in [0.15, 0.2) is 24.3 Å². The lowest BCUT2D eigenvalue weighted by Crippen LogP contribution is -2.46. The fraction of sp³-hybridized carbons (Fsp3) is 0.308. The third-order valence-electron chi connectivity index (χ3n) is 3.06. The highest BCUT2D eigenvalue weighted by Gasteiger charge is 2.29. The smallest absolute Gasteiger partial charge is 0.323 e. The lowest BCUT2D eigenvalue weighted by Gasteiger charge is -2.19. The second-order valence-electron chi connectivity index (χ2n) is 4.67. The summed E-state index contributed by atoms with van der Waals surface area (Å²) in [6.45, 7) is 3.48. The zero-order valence-electron chi connectivity index (χ0n) is 10.4. The molecule has 0 bridgehead atoms. The number of aliphatic carboxylic acids is 1. The van der Waals surface area contributed by atoms with Crippen molar-refractivity contribution in [1.29, 1.82) is 0 Å². The first-order valence-electron chi connectivity index (χ1n) is 5.50. The Kier molecular flexibility index (Phi) is 3.79. The van der Waals surface area contributed by atoms with Crippen LogP contribution in [0.4, 0.5) is 0 Å². The molecular formula is C13H18N2O3. The Hall–Kier alpha value is -1.85. The van der Waals surface area contributed by atoms with Gasteiger partial charge in [-0.3, -0.25) is 4.79 Å². The molecule has 0 saturated carbocycles. The number of hydrogen-bond acceptors (Lipinski definition) is 2. The number of para-hydroxylation sites is 1. The van der Waals surface area contributed by atoms with Gasteiger partial charge in [-0.15, -0.1) is 0 Å². The van der Waals surface area contributed by atoms with Gasteiger partial charge in [0.1, 0.15) is 5.54 Å². The van der Waals surface area contributed by atoms with E-state index >= 15 is 0 Å². The van der Waals surface area contributed by atoms with Crippen molar-refractivity contribution in [3.8, 4) is 0 Å². The molecule has 0 saturated heterocycles. The van der Waals surface area contributed by atoms with Crippen LogP contribution in [0, 0.1) is 6.92 Å².